The summed E-state index contributed by atoms with van der Waals surface area (Å²) in [6, 6.07) is 0. The van der Waals surface area contributed by atoms with Crippen molar-refractivity contribution in [3.05, 3.63) is 19.0 Å². The van der Waals surface area contributed by atoms with Gasteiger partial charge in [-0.1, -0.05) is 27.4 Å². The van der Waals surface area contributed by atoms with Gasteiger partial charge in [-0.15, -0.1) is 0 Å². The Morgan fingerprint density at radius 2 is 2.03 bits per heavy atom. The van der Waals surface area contributed by atoms with Gasteiger partial charge in [-0.3, -0.25) is 4.57 Å². The summed E-state index contributed by atoms with van der Waals surface area (Å²) in [4.78, 5) is 12.2. The lowest BCUT2D eigenvalue weighted by Crippen LogP contribution is -2.51. The number of nitrogens with two attached hydrogens (primary N) is 1. The summed E-state index contributed by atoms with van der Waals surface area (Å²) in [5, 5.41) is 10.5. The summed E-state index contributed by atoms with van der Waals surface area (Å²) in [7, 11) is -2.41. The van der Waals surface area contributed by atoms with Gasteiger partial charge in [0.15, 0.2) is 31.8 Å². The second-order valence-electron chi connectivity index (χ2n) is 9.38. The first-order valence-electron chi connectivity index (χ1n) is 10.3. The lowest BCUT2D eigenvalue weighted by molar-refractivity contribution is -0.203. The maximum Gasteiger partial charge on any atom is 0.263 e. The van der Waals surface area contributed by atoms with E-state index in [-0.39, 0.29) is 34.6 Å². The Bertz CT molecular complexity index is 1010. The molecule has 0 aromatic carbocycles. The van der Waals surface area contributed by atoms with E-state index in [9.17, 15) is 5.11 Å². The fraction of sp³-hybridized carbons (Fsp3) is 0.650. The third kappa shape index (κ3) is 3.89. The number of aromatic nitrogens is 4. The first-order chi connectivity index (χ1) is 14.7. The van der Waals surface area contributed by atoms with Gasteiger partial charge < -0.3 is 24.7 Å². The van der Waals surface area contributed by atoms with Crippen LogP contribution in [-0.4, -0.2) is 63.8 Å². The van der Waals surface area contributed by atoms with E-state index < -0.39 is 38.8 Å². The molecular weight excluding hydrogens is 440 g/mol. The molecule has 1 aliphatic rings. The molecule has 0 spiro atoms. The van der Waals surface area contributed by atoms with Crippen LogP contribution in [0.15, 0.2) is 19.0 Å². The molecule has 0 radical (unpaired) electrons. The number of rotatable bonds is 7. The van der Waals surface area contributed by atoms with Gasteiger partial charge >= 0.3 is 0 Å². The van der Waals surface area contributed by atoms with Gasteiger partial charge in [0.05, 0.1) is 19.5 Å². The van der Waals surface area contributed by atoms with Crippen molar-refractivity contribution in [3.63, 3.8) is 0 Å². The quantitative estimate of drug-likeness (QED) is 0.467. The number of nitrogens with zero attached hydrogens (tertiary/aromatic N) is 4. The normalized spacial score (nSPS) is 28.9. The molecule has 12 heteroatoms. The molecular formula is C20H31F2N5O4Si. The highest BCUT2D eigenvalue weighted by Gasteiger charge is 2.66. The highest BCUT2D eigenvalue weighted by molar-refractivity contribution is 6.74. The van der Waals surface area contributed by atoms with E-state index in [1.807, 2.05) is 33.9 Å². The van der Waals surface area contributed by atoms with Crippen molar-refractivity contribution in [2.75, 3.05) is 18.9 Å². The van der Waals surface area contributed by atoms with E-state index >= 15 is 8.78 Å². The second kappa shape index (κ2) is 8.01. The molecule has 3 N–H and O–H groups in total. The van der Waals surface area contributed by atoms with Gasteiger partial charge in [0.25, 0.3) is 5.85 Å². The monoisotopic (exact) mass is 471 g/mol. The summed E-state index contributed by atoms with van der Waals surface area (Å²) in [5.74, 6) is -2.87. The molecule has 9 nitrogen and oxygen atoms in total. The van der Waals surface area contributed by atoms with Crippen molar-refractivity contribution >= 4 is 25.4 Å². The number of anilines is 1. The van der Waals surface area contributed by atoms with Crippen LogP contribution in [0.25, 0.3) is 11.2 Å². The third-order valence-electron chi connectivity index (χ3n) is 6.20. The smallest absolute Gasteiger partial charge is 0.263 e. The minimum atomic E-state index is -2.83. The van der Waals surface area contributed by atoms with Crippen LogP contribution in [0.4, 0.5) is 14.7 Å². The Hall–Kier alpha value is -2.15. The molecule has 3 rings (SSSR count). The van der Waals surface area contributed by atoms with Crippen molar-refractivity contribution in [2.45, 2.75) is 69.7 Å². The van der Waals surface area contributed by atoms with Gasteiger partial charge in [-0.2, -0.15) is 9.97 Å². The Labute approximate surface area is 186 Å². The number of halogens is 2. The SMILES string of the molecule is C=C[C@]1(F)[C@H](n2cnc3c(OCC)nc(N)nc32)O[C@](F)(CO[Si](C)(C)C(C)(C)C)[C@H]1O. The van der Waals surface area contributed by atoms with E-state index in [0.717, 1.165) is 10.6 Å². The standard InChI is InChI=1S/C20H31F2N5O4Si/c1-8-19(21)15(28)20(22,10-30-32(6,7)18(3,4)5)31-16(19)27-11-24-12-13(27)25-17(23)26-14(12)29-9-2/h8,11,15-16,28H,1,9-10H2,2-7H3,(H2,23,25,26)/t15-,16+,19+,20+/m0/s1. The highest BCUT2D eigenvalue weighted by Crippen LogP contribution is 2.50. The van der Waals surface area contributed by atoms with Gasteiger partial charge in [0.1, 0.15) is 0 Å². The van der Waals surface area contributed by atoms with Crippen molar-refractivity contribution in [2.24, 2.45) is 0 Å². The maximum absolute atomic E-state index is 16.0. The molecule has 32 heavy (non-hydrogen) atoms. The topological polar surface area (TPSA) is 118 Å². The zero-order valence-electron chi connectivity index (χ0n) is 19.2. The number of imidazole rings is 1. The number of fused-ring (bicyclic) bond motifs is 1. The third-order valence-corrected chi connectivity index (χ3v) is 10.7. The van der Waals surface area contributed by atoms with Crippen LogP contribution in [0, 0.1) is 0 Å². The molecule has 1 saturated heterocycles. The van der Waals surface area contributed by atoms with E-state index in [2.05, 4.69) is 21.5 Å². The molecule has 1 fully saturated rings. The zero-order valence-corrected chi connectivity index (χ0v) is 20.2. The molecule has 0 unspecified atom stereocenters. The minimum absolute atomic E-state index is 0.0663. The van der Waals surface area contributed by atoms with Crippen LogP contribution in [0.3, 0.4) is 0 Å². The summed E-state index contributed by atoms with van der Waals surface area (Å²) >= 11 is 0. The molecule has 1 aliphatic heterocycles. The molecule has 0 saturated carbocycles. The van der Waals surface area contributed by atoms with Crippen LogP contribution < -0.4 is 10.5 Å². The summed E-state index contributed by atoms with van der Waals surface area (Å²) in [5.41, 5.74) is 3.32. The maximum atomic E-state index is 16.0. The number of aliphatic hydroxyl groups excluding tert-OH is 1. The summed E-state index contributed by atoms with van der Waals surface area (Å²) in [6.45, 7) is 14.6. The van der Waals surface area contributed by atoms with Crippen molar-refractivity contribution < 1.29 is 27.8 Å². The van der Waals surface area contributed by atoms with Crippen molar-refractivity contribution in [1.82, 2.24) is 19.5 Å². The molecule has 0 bridgehead atoms. The molecule has 2 aromatic rings. The second-order valence-corrected chi connectivity index (χ2v) is 14.2. The van der Waals surface area contributed by atoms with Crippen LogP contribution in [0.5, 0.6) is 5.88 Å². The Balaban J connectivity index is 2.02. The number of aliphatic hydroxyl groups is 1. The largest absolute Gasteiger partial charge is 0.476 e. The fourth-order valence-corrected chi connectivity index (χ4v) is 4.20. The average Bonchev–Trinajstić information content (AvgIpc) is 3.19. The minimum Gasteiger partial charge on any atom is -0.476 e. The Morgan fingerprint density at radius 1 is 1.38 bits per heavy atom. The molecule has 3 heterocycles. The number of nitrogen functional groups attached to an aromatic ring is 1. The summed E-state index contributed by atoms with van der Waals surface area (Å²) < 4.78 is 49.8. The van der Waals surface area contributed by atoms with Crippen LogP contribution in [-0.2, 0) is 9.16 Å². The first-order valence-corrected chi connectivity index (χ1v) is 13.2. The molecule has 2 aromatic heterocycles. The molecule has 4 atom stereocenters. The van der Waals surface area contributed by atoms with Crippen LogP contribution in [0.1, 0.15) is 33.9 Å². The van der Waals surface area contributed by atoms with E-state index in [1.165, 1.54) is 6.33 Å². The molecule has 0 aliphatic carbocycles. The van der Waals surface area contributed by atoms with Crippen molar-refractivity contribution in [3.8, 4) is 5.88 Å². The average molecular weight is 472 g/mol. The van der Waals surface area contributed by atoms with E-state index in [1.54, 1.807) is 6.92 Å². The van der Waals surface area contributed by atoms with E-state index in [4.69, 9.17) is 19.6 Å². The number of hydrogen-bond donors (Lipinski definition) is 2. The van der Waals surface area contributed by atoms with Crippen LogP contribution >= 0.6 is 0 Å². The van der Waals surface area contributed by atoms with Gasteiger partial charge in [0.2, 0.25) is 17.5 Å². The fourth-order valence-electron chi connectivity index (χ4n) is 3.21. The predicted octanol–water partition coefficient (Wildman–Crippen LogP) is 3.28. The molecule has 0 amide bonds. The number of hydrogen-bond acceptors (Lipinski definition) is 8. The highest BCUT2D eigenvalue weighted by atomic mass is 28.4. The Morgan fingerprint density at radius 3 is 2.59 bits per heavy atom. The number of ether oxygens (including phenoxy) is 2. The molecule has 178 valence electrons. The summed E-state index contributed by atoms with van der Waals surface area (Å²) in [6.07, 6.45) is -1.85. The predicted molar refractivity (Wildman–Crippen MR) is 118 cm³/mol. The van der Waals surface area contributed by atoms with Crippen molar-refractivity contribution in [1.29, 1.82) is 0 Å². The van der Waals surface area contributed by atoms with Gasteiger partial charge in [0, 0.05) is 0 Å². The number of alkyl halides is 2. The lowest BCUT2D eigenvalue weighted by Gasteiger charge is -2.38. The van der Waals surface area contributed by atoms with Crippen LogP contribution in [0.2, 0.25) is 18.1 Å². The lowest BCUT2D eigenvalue weighted by atomic mass is 9.95. The zero-order chi connectivity index (χ0) is 24.1. The van der Waals surface area contributed by atoms with E-state index in [0.29, 0.717) is 0 Å². The Kier molecular flexibility index (Phi) is 6.13. The van der Waals surface area contributed by atoms with Gasteiger partial charge in [-0.05, 0) is 31.1 Å². The van der Waals surface area contributed by atoms with Gasteiger partial charge in [-0.25, -0.2) is 13.8 Å². The first kappa shape index (κ1) is 24.5.